The van der Waals surface area contributed by atoms with Crippen molar-refractivity contribution in [3.63, 3.8) is 0 Å². The van der Waals surface area contributed by atoms with Gasteiger partial charge in [-0.3, -0.25) is 0 Å². The van der Waals surface area contributed by atoms with Crippen LogP contribution in [0.3, 0.4) is 0 Å². The average Bonchev–Trinajstić information content (AvgIpc) is 3.45. The Kier molecular flexibility index (Phi) is 8.65. The summed E-state index contributed by atoms with van der Waals surface area (Å²) in [6, 6.07) is 23.9. The molecule has 0 unspecified atom stereocenters. The number of aryl methyl sites for hydroxylation is 1. The fraction of sp³-hybridized carbons (Fsp3) is 0.375. The molecule has 2 aromatic carbocycles. The molecule has 0 bridgehead atoms. The molecule has 1 fully saturated rings. The lowest BCUT2D eigenvalue weighted by Crippen LogP contribution is -2.37. The molecule has 202 valence electrons. The molecule has 0 saturated heterocycles. The van der Waals surface area contributed by atoms with Gasteiger partial charge in [0.05, 0.1) is 24.0 Å². The SMILES string of the molecule is CCOc1ccc(Nc2c(C)c(N[C@H]3CC[C@H](NCCCc4ccccc4)CC3)c(C#N)c3ccnn23)cc1. The van der Waals surface area contributed by atoms with Crippen LogP contribution in [0.15, 0.2) is 66.9 Å². The molecule has 7 heteroatoms. The van der Waals surface area contributed by atoms with Gasteiger partial charge in [0.2, 0.25) is 0 Å². The minimum Gasteiger partial charge on any atom is -0.494 e. The average molecular weight is 523 g/mol. The van der Waals surface area contributed by atoms with Crippen molar-refractivity contribution >= 4 is 22.7 Å². The minimum absolute atomic E-state index is 0.335. The van der Waals surface area contributed by atoms with E-state index in [2.05, 4.69) is 64.4 Å². The van der Waals surface area contributed by atoms with E-state index in [1.54, 1.807) is 6.20 Å². The van der Waals surface area contributed by atoms with Crippen LogP contribution < -0.4 is 20.7 Å². The lowest BCUT2D eigenvalue weighted by molar-refractivity contribution is 0.340. The zero-order chi connectivity index (χ0) is 27.0. The molecule has 0 atom stereocenters. The van der Waals surface area contributed by atoms with Crippen LogP contribution in [0.1, 0.15) is 55.7 Å². The fourth-order valence-corrected chi connectivity index (χ4v) is 5.53. The number of hydrogen-bond acceptors (Lipinski definition) is 6. The van der Waals surface area contributed by atoms with Crippen molar-refractivity contribution in [3.05, 3.63) is 83.6 Å². The van der Waals surface area contributed by atoms with Gasteiger partial charge in [-0.2, -0.15) is 10.4 Å². The van der Waals surface area contributed by atoms with Crippen LogP contribution in [0, 0.1) is 18.3 Å². The highest BCUT2D eigenvalue weighted by Gasteiger charge is 2.24. The summed E-state index contributed by atoms with van der Waals surface area (Å²) in [5.41, 5.74) is 5.67. The van der Waals surface area contributed by atoms with Gasteiger partial charge in [-0.25, -0.2) is 4.52 Å². The molecular weight excluding hydrogens is 484 g/mol. The van der Waals surface area contributed by atoms with Crippen molar-refractivity contribution in [3.8, 4) is 11.8 Å². The maximum Gasteiger partial charge on any atom is 0.137 e. The summed E-state index contributed by atoms with van der Waals surface area (Å²) >= 11 is 0. The second kappa shape index (κ2) is 12.7. The van der Waals surface area contributed by atoms with Crippen molar-refractivity contribution in [1.29, 1.82) is 5.26 Å². The van der Waals surface area contributed by atoms with Crippen LogP contribution >= 0.6 is 0 Å². The van der Waals surface area contributed by atoms with E-state index in [-0.39, 0.29) is 0 Å². The number of ether oxygens (including phenoxy) is 1. The molecular formula is C32H38N6O. The van der Waals surface area contributed by atoms with Gasteiger partial charge in [-0.1, -0.05) is 30.3 Å². The summed E-state index contributed by atoms with van der Waals surface area (Å²) in [6.45, 7) is 5.72. The number of hydrogen-bond donors (Lipinski definition) is 3. The molecule has 0 aliphatic heterocycles. The Balaban J connectivity index is 1.24. The van der Waals surface area contributed by atoms with Gasteiger partial charge in [0, 0.05) is 23.3 Å². The predicted molar refractivity (Wildman–Crippen MR) is 158 cm³/mol. The normalized spacial score (nSPS) is 17.1. The van der Waals surface area contributed by atoms with E-state index in [0.717, 1.165) is 79.1 Å². The number of benzene rings is 2. The van der Waals surface area contributed by atoms with Crippen LogP contribution in [0.5, 0.6) is 5.75 Å². The Morgan fingerprint density at radius 1 is 1.00 bits per heavy atom. The van der Waals surface area contributed by atoms with E-state index in [1.807, 2.05) is 41.8 Å². The molecule has 2 aromatic heterocycles. The molecule has 4 aromatic rings. The first-order valence-corrected chi connectivity index (χ1v) is 14.1. The van der Waals surface area contributed by atoms with E-state index >= 15 is 0 Å². The number of pyridine rings is 1. The molecule has 0 radical (unpaired) electrons. The van der Waals surface area contributed by atoms with Crippen LogP contribution in [-0.2, 0) is 6.42 Å². The monoisotopic (exact) mass is 522 g/mol. The molecule has 3 N–H and O–H groups in total. The molecule has 0 spiro atoms. The van der Waals surface area contributed by atoms with Crippen molar-refractivity contribution in [2.75, 3.05) is 23.8 Å². The molecule has 5 rings (SSSR count). The molecule has 1 aliphatic rings. The number of anilines is 3. The zero-order valence-electron chi connectivity index (χ0n) is 22.9. The smallest absolute Gasteiger partial charge is 0.137 e. The Bertz CT molecular complexity index is 1400. The van der Waals surface area contributed by atoms with Gasteiger partial charge in [0.1, 0.15) is 23.2 Å². The zero-order valence-corrected chi connectivity index (χ0v) is 22.9. The molecule has 7 nitrogen and oxygen atoms in total. The summed E-state index contributed by atoms with van der Waals surface area (Å²) in [5.74, 6) is 1.70. The molecule has 2 heterocycles. The lowest BCUT2D eigenvalue weighted by atomic mass is 9.90. The van der Waals surface area contributed by atoms with E-state index in [9.17, 15) is 5.26 Å². The second-order valence-corrected chi connectivity index (χ2v) is 10.3. The van der Waals surface area contributed by atoms with E-state index < -0.39 is 0 Å². The Labute approximate surface area is 231 Å². The van der Waals surface area contributed by atoms with Gasteiger partial charge < -0.3 is 20.7 Å². The summed E-state index contributed by atoms with van der Waals surface area (Å²) in [5, 5.41) is 25.7. The van der Waals surface area contributed by atoms with Gasteiger partial charge >= 0.3 is 0 Å². The number of fused-ring (bicyclic) bond motifs is 1. The first-order chi connectivity index (χ1) is 19.2. The maximum absolute atomic E-state index is 10.1. The van der Waals surface area contributed by atoms with Crippen molar-refractivity contribution in [2.45, 2.75) is 64.5 Å². The maximum atomic E-state index is 10.1. The first kappa shape index (κ1) is 26.6. The highest BCUT2D eigenvalue weighted by Crippen LogP contribution is 2.35. The fourth-order valence-electron chi connectivity index (χ4n) is 5.53. The lowest BCUT2D eigenvalue weighted by Gasteiger charge is -2.31. The summed E-state index contributed by atoms with van der Waals surface area (Å²) < 4.78 is 7.41. The van der Waals surface area contributed by atoms with Crippen molar-refractivity contribution in [2.24, 2.45) is 0 Å². The largest absolute Gasteiger partial charge is 0.494 e. The third kappa shape index (κ3) is 6.35. The van der Waals surface area contributed by atoms with Crippen LogP contribution in [0.2, 0.25) is 0 Å². The minimum atomic E-state index is 0.335. The molecule has 1 saturated carbocycles. The van der Waals surface area contributed by atoms with Gasteiger partial charge in [0.15, 0.2) is 0 Å². The topological polar surface area (TPSA) is 86.4 Å². The van der Waals surface area contributed by atoms with Crippen LogP contribution in [0.4, 0.5) is 17.2 Å². The van der Waals surface area contributed by atoms with E-state index in [1.165, 1.54) is 5.56 Å². The standard InChI is InChI=1S/C32H38N6O/c1-3-39-28-17-15-27(16-18-28)37-32-23(2)31(29(22-33)30-19-21-35-38(30)32)36-26-13-11-25(12-14-26)34-20-7-10-24-8-5-4-6-9-24/h4-6,8-9,15-19,21,25-26,34,36-37H,3,7,10-14,20H2,1-2H3/t25-,26-. The highest BCUT2D eigenvalue weighted by molar-refractivity contribution is 5.82. The second-order valence-electron chi connectivity index (χ2n) is 10.3. The van der Waals surface area contributed by atoms with Crippen molar-refractivity contribution < 1.29 is 4.74 Å². The summed E-state index contributed by atoms with van der Waals surface area (Å²) in [7, 11) is 0. The number of aromatic nitrogens is 2. The number of nitrogens with zero attached hydrogens (tertiary/aromatic N) is 3. The molecule has 0 amide bonds. The van der Waals surface area contributed by atoms with E-state index in [0.29, 0.717) is 24.3 Å². The quantitative estimate of drug-likeness (QED) is 0.192. The molecule has 1 aliphatic carbocycles. The molecule has 39 heavy (non-hydrogen) atoms. The van der Waals surface area contributed by atoms with Crippen LogP contribution in [0.25, 0.3) is 5.52 Å². The number of nitriles is 1. The van der Waals surface area contributed by atoms with Crippen LogP contribution in [-0.4, -0.2) is 34.8 Å². The number of nitrogens with one attached hydrogen (secondary N) is 3. The first-order valence-electron chi connectivity index (χ1n) is 14.1. The van der Waals surface area contributed by atoms with E-state index in [4.69, 9.17) is 4.74 Å². The Morgan fingerprint density at radius 3 is 2.46 bits per heavy atom. The third-order valence-corrected chi connectivity index (χ3v) is 7.62. The van der Waals surface area contributed by atoms with Crippen molar-refractivity contribution in [1.82, 2.24) is 14.9 Å². The third-order valence-electron chi connectivity index (χ3n) is 7.62. The number of rotatable bonds is 11. The predicted octanol–water partition coefficient (Wildman–Crippen LogP) is 6.60. The summed E-state index contributed by atoms with van der Waals surface area (Å²) in [6.07, 6.45) is 8.44. The summed E-state index contributed by atoms with van der Waals surface area (Å²) in [4.78, 5) is 0. The van der Waals surface area contributed by atoms with Gasteiger partial charge in [-0.15, -0.1) is 0 Å². The van der Waals surface area contributed by atoms with Gasteiger partial charge in [0.25, 0.3) is 0 Å². The van der Waals surface area contributed by atoms with Gasteiger partial charge in [-0.05, 0) is 94.8 Å². The Morgan fingerprint density at radius 2 is 1.74 bits per heavy atom. The highest BCUT2D eigenvalue weighted by atomic mass is 16.5. The Hall–Kier alpha value is -4.02.